The number of benzene rings is 4. The van der Waals surface area contributed by atoms with Crippen LogP contribution >= 0.6 is 0 Å². The van der Waals surface area contributed by atoms with Gasteiger partial charge in [0, 0.05) is 28.5 Å². The van der Waals surface area contributed by atoms with E-state index in [0.717, 1.165) is 49.3 Å². The van der Waals surface area contributed by atoms with E-state index in [2.05, 4.69) is 11.9 Å². The predicted octanol–water partition coefficient (Wildman–Crippen LogP) is 10.3. The number of alkyl halides is 3. The van der Waals surface area contributed by atoms with Crippen molar-refractivity contribution in [2.24, 2.45) is 0 Å². The minimum Gasteiger partial charge on any atom is -0.256 e. The maximum Gasteiger partial charge on any atom is 0.458 e. The zero-order valence-electron chi connectivity index (χ0n) is 22.5. The van der Waals surface area contributed by atoms with Crippen molar-refractivity contribution < 1.29 is 30.7 Å². The van der Waals surface area contributed by atoms with Crippen LogP contribution in [0.1, 0.15) is 43.7 Å². The fourth-order valence-electron chi connectivity index (χ4n) is 4.99. The van der Waals surface area contributed by atoms with Gasteiger partial charge in [-0.15, -0.1) is 0 Å². The monoisotopic (exact) mass is 579 g/mol. The zero-order chi connectivity index (χ0) is 30.0. The highest BCUT2D eigenvalue weighted by Gasteiger charge is 2.24. The molecule has 5 rings (SSSR count). The number of hydrogen-bond acceptors (Lipinski definition) is 1. The van der Waals surface area contributed by atoms with E-state index >= 15 is 8.78 Å². The van der Waals surface area contributed by atoms with E-state index in [1.165, 1.54) is 36.6 Å². The quantitative estimate of drug-likeness (QED) is 0.106. The van der Waals surface area contributed by atoms with Crippen molar-refractivity contribution in [3.8, 4) is 34.2 Å². The lowest BCUT2D eigenvalue weighted by molar-refractivity contribution is -0.0696. The molecule has 0 saturated carbocycles. The molecule has 0 spiro atoms. The van der Waals surface area contributed by atoms with E-state index in [1.807, 2.05) is 18.3 Å². The van der Waals surface area contributed by atoms with Gasteiger partial charge in [-0.25, -0.2) is 17.6 Å². The number of fused-ring (bicyclic) bond motifs is 2. The first kappa shape index (κ1) is 29.1. The van der Waals surface area contributed by atoms with Crippen molar-refractivity contribution in [2.75, 3.05) is 0 Å². The third-order valence-electron chi connectivity index (χ3n) is 7.11. The molecule has 0 bridgehead atoms. The summed E-state index contributed by atoms with van der Waals surface area (Å²) < 4.78 is 97.6. The summed E-state index contributed by atoms with van der Waals surface area (Å²) in [5, 5.41) is 0.118. The van der Waals surface area contributed by atoms with E-state index in [1.54, 1.807) is 12.1 Å². The average molecular weight is 580 g/mol. The van der Waals surface area contributed by atoms with E-state index in [4.69, 9.17) is 0 Å². The van der Waals surface area contributed by atoms with Crippen LogP contribution in [0.3, 0.4) is 0 Å². The SMILES string of the molecule is CCCCCCc1ccc(-c2ccc3c(F)c(-c4ccc5c(F)c(C#CC(F)(F)F)c(F)cc5c4)c(F)cc3c2)nc1. The highest BCUT2D eigenvalue weighted by molar-refractivity contribution is 5.94. The Bertz CT molecular complexity index is 1850. The Kier molecular flexibility index (Phi) is 8.22. The standard InChI is InChI=1S/C34H24F7N/c1-2-3-4-5-6-20-7-12-30(42-19-20)21-8-10-26-23(15-21)18-29(36)31(33(26)38)22-9-11-25-24(16-22)17-28(35)27(32(25)37)13-14-34(39,40)41/h7-12,15-19H,2-6H2,1H3. The normalized spacial score (nSPS) is 11.6. The van der Waals surface area contributed by atoms with E-state index < -0.39 is 40.6 Å². The summed E-state index contributed by atoms with van der Waals surface area (Å²) in [6.07, 6.45) is 2.43. The molecule has 0 amide bonds. The molecule has 0 aliphatic heterocycles. The molecule has 0 N–H and O–H groups in total. The van der Waals surface area contributed by atoms with Crippen molar-refractivity contribution in [1.29, 1.82) is 0 Å². The van der Waals surface area contributed by atoms with Crippen LogP contribution in [0.15, 0.2) is 66.9 Å². The van der Waals surface area contributed by atoms with Gasteiger partial charge in [-0.3, -0.25) is 4.98 Å². The molecule has 0 aliphatic carbocycles. The third kappa shape index (κ3) is 6.11. The lowest BCUT2D eigenvalue weighted by atomic mass is 9.95. The van der Waals surface area contributed by atoms with Crippen LogP contribution in [0, 0.1) is 35.1 Å². The lowest BCUT2D eigenvalue weighted by Gasteiger charge is -2.12. The summed E-state index contributed by atoms with van der Waals surface area (Å²) in [4.78, 5) is 4.52. The second kappa shape index (κ2) is 11.8. The molecule has 0 aliphatic rings. The number of aromatic nitrogens is 1. The van der Waals surface area contributed by atoms with Crippen molar-refractivity contribution in [3.63, 3.8) is 0 Å². The van der Waals surface area contributed by atoms with Crippen LogP contribution in [0.25, 0.3) is 43.9 Å². The van der Waals surface area contributed by atoms with Gasteiger partial charge in [0.1, 0.15) is 23.3 Å². The highest BCUT2D eigenvalue weighted by atomic mass is 19.4. The van der Waals surface area contributed by atoms with Crippen molar-refractivity contribution in [2.45, 2.75) is 45.2 Å². The number of rotatable bonds is 7. The number of aryl methyl sites for hydroxylation is 1. The van der Waals surface area contributed by atoms with Gasteiger partial charge in [-0.1, -0.05) is 62.4 Å². The van der Waals surface area contributed by atoms with Gasteiger partial charge in [-0.2, -0.15) is 13.2 Å². The Hall–Kier alpha value is -4.38. The van der Waals surface area contributed by atoms with Gasteiger partial charge in [0.05, 0.1) is 16.8 Å². The minimum atomic E-state index is -4.93. The van der Waals surface area contributed by atoms with Crippen molar-refractivity contribution in [1.82, 2.24) is 4.98 Å². The summed E-state index contributed by atoms with van der Waals surface area (Å²) in [6.45, 7) is 2.16. The number of hydrogen-bond donors (Lipinski definition) is 0. The Morgan fingerprint density at radius 2 is 1.38 bits per heavy atom. The molecule has 1 heterocycles. The maximum absolute atomic E-state index is 15.7. The van der Waals surface area contributed by atoms with Crippen LogP contribution in [0.5, 0.6) is 0 Å². The number of unbranched alkanes of at least 4 members (excludes halogenated alkanes) is 3. The topological polar surface area (TPSA) is 12.9 Å². The van der Waals surface area contributed by atoms with E-state index in [9.17, 15) is 22.0 Å². The van der Waals surface area contributed by atoms with E-state index in [-0.39, 0.29) is 21.7 Å². The number of halogens is 7. The Balaban J connectivity index is 1.48. The van der Waals surface area contributed by atoms with Gasteiger partial charge in [0.25, 0.3) is 0 Å². The lowest BCUT2D eigenvalue weighted by Crippen LogP contribution is -2.02. The summed E-state index contributed by atoms with van der Waals surface area (Å²) >= 11 is 0. The van der Waals surface area contributed by atoms with Gasteiger partial charge in [0.2, 0.25) is 0 Å². The zero-order valence-corrected chi connectivity index (χ0v) is 22.5. The van der Waals surface area contributed by atoms with Crippen LogP contribution in [0.4, 0.5) is 30.7 Å². The Morgan fingerprint density at radius 3 is 2.05 bits per heavy atom. The van der Waals surface area contributed by atoms with Crippen LogP contribution < -0.4 is 0 Å². The van der Waals surface area contributed by atoms with Crippen LogP contribution in [-0.2, 0) is 6.42 Å². The Labute approximate surface area is 238 Å². The largest absolute Gasteiger partial charge is 0.458 e. The second-order valence-electron chi connectivity index (χ2n) is 10.1. The minimum absolute atomic E-state index is 0.00703. The fourth-order valence-corrected chi connectivity index (χ4v) is 4.99. The maximum atomic E-state index is 15.7. The molecule has 42 heavy (non-hydrogen) atoms. The molecule has 0 fully saturated rings. The predicted molar refractivity (Wildman–Crippen MR) is 151 cm³/mol. The molecule has 0 unspecified atom stereocenters. The third-order valence-corrected chi connectivity index (χ3v) is 7.11. The van der Waals surface area contributed by atoms with Gasteiger partial charge in [-0.05, 0) is 65.1 Å². The van der Waals surface area contributed by atoms with E-state index in [0.29, 0.717) is 16.6 Å². The fraction of sp³-hybridized carbons (Fsp3) is 0.206. The van der Waals surface area contributed by atoms with Gasteiger partial charge >= 0.3 is 6.18 Å². The van der Waals surface area contributed by atoms with Crippen molar-refractivity contribution >= 4 is 21.5 Å². The summed E-state index contributed by atoms with van der Waals surface area (Å²) in [7, 11) is 0. The summed E-state index contributed by atoms with van der Waals surface area (Å²) in [5.74, 6) is -2.04. The molecular formula is C34H24F7N. The van der Waals surface area contributed by atoms with Crippen LogP contribution in [-0.4, -0.2) is 11.2 Å². The molecule has 4 aromatic carbocycles. The molecule has 0 radical (unpaired) electrons. The molecule has 214 valence electrons. The first-order chi connectivity index (χ1) is 20.1. The second-order valence-corrected chi connectivity index (χ2v) is 10.1. The molecule has 8 heteroatoms. The Morgan fingerprint density at radius 1 is 0.714 bits per heavy atom. The van der Waals surface area contributed by atoms with Gasteiger partial charge < -0.3 is 0 Å². The highest BCUT2D eigenvalue weighted by Crippen LogP contribution is 2.36. The number of pyridine rings is 1. The average Bonchev–Trinajstić information content (AvgIpc) is 2.94. The first-order valence-corrected chi connectivity index (χ1v) is 13.4. The molecular weight excluding hydrogens is 555 g/mol. The van der Waals surface area contributed by atoms with Gasteiger partial charge in [0.15, 0.2) is 0 Å². The molecule has 0 saturated heterocycles. The molecule has 1 nitrogen and oxygen atoms in total. The van der Waals surface area contributed by atoms with Crippen molar-refractivity contribution in [3.05, 3.63) is 101 Å². The smallest absolute Gasteiger partial charge is 0.256 e. The molecule has 5 aromatic rings. The molecule has 0 atom stereocenters. The van der Waals surface area contributed by atoms with Crippen LogP contribution in [0.2, 0.25) is 0 Å². The summed E-state index contributed by atoms with van der Waals surface area (Å²) in [5.41, 5.74) is 1.04. The number of nitrogens with zero attached hydrogens (tertiary/aromatic N) is 1. The molecule has 1 aromatic heterocycles. The summed E-state index contributed by atoms with van der Waals surface area (Å²) in [6, 6.07) is 14.2. The first-order valence-electron chi connectivity index (χ1n) is 13.4.